The van der Waals surface area contributed by atoms with Gasteiger partial charge in [0.2, 0.25) is 0 Å². The second-order valence-corrected chi connectivity index (χ2v) is 7.45. The molecule has 1 aromatic rings. The fraction of sp³-hybridized carbons (Fsp3) is 0.200. The van der Waals surface area contributed by atoms with Crippen molar-refractivity contribution in [1.29, 1.82) is 0 Å². The summed E-state index contributed by atoms with van der Waals surface area (Å²) in [5.41, 5.74) is 1.96. The number of nitrogens with zero attached hydrogens (tertiary/aromatic N) is 2. The summed E-state index contributed by atoms with van der Waals surface area (Å²) in [6.45, 7) is 2.13. The smallest absolute Gasteiger partial charge is 0.257 e. The van der Waals surface area contributed by atoms with Crippen molar-refractivity contribution >= 4 is 39.1 Å². The van der Waals surface area contributed by atoms with Gasteiger partial charge in [-0.25, -0.2) is 8.42 Å². The molecule has 0 unspecified atom stereocenters. The Hall–Kier alpha value is -2.12. The number of hydrogen-bond acceptors (Lipinski definition) is 4. The fourth-order valence-corrected chi connectivity index (χ4v) is 3.49. The average molecular weight is 352 g/mol. The topological polar surface area (TPSA) is 78.8 Å². The van der Waals surface area contributed by atoms with Crippen molar-refractivity contribution in [3.8, 4) is 0 Å². The number of carbonyl (C=O) groups excluding carboxylic acids is 1. The Balaban J connectivity index is 1.80. The van der Waals surface area contributed by atoms with Crippen molar-refractivity contribution in [2.75, 3.05) is 17.6 Å². The molecule has 120 valence electrons. The highest BCUT2D eigenvalue weighted by Gasteiger charge is 2.25. The van der Waals surface area contributed by atoms with Gasteiger partial charge < -0.3 is 10.2 Å². The zero-order valence-electron chi connectivity index (χ0n) is 12.3. The summed E-state index contributed by atoms with van der Waals surface area (Å²) in [6, 6.07) is 5.21. The molecule has 23 heavy (non-hydrogen) atoms. The Labute approximate surface area is 139 Å². The highest BCUT2D eigenvalue weighted by molar-refractivity contribution is 7.90. The van der Waals surface area contributed by atoms with Gasteiger partial charge in [-0.3, -0.25) is 4.79 Å². The normalized spacial score (nSPS) is 18.8. The van der Waals surface area contributed by atoms with E-state index in [2.05, 4.69) is 9.71 Å². The van der Waals surface area contributed by atoms with Crippen LogP contribution < -0.4 is 5.32 Å². The van der Waals surface area contributed by atoms with Gasteiger partial charge in [0.05, 0.1) is 11.3 Å². The van der Waals surface area contributed by atoms with Crippen LogP contribution in [-0.4, -0.2) is 37.4 Å². The second-order valence-electron chi connectivity index (χ2n) is 5.26. The summed E-state index contributed by atoms with van der Waals surface area (Å²) in [4.78, 5) is 14.0. The van der Waals surface area contributed by atoms with E-state index >= 15 is 0 Å². The number of halogens is 1. The Kier molecular flexibility index (Phi) is 3.99. The first-order chi connectivity index (χ1) is 10.8. The lowest BCUT2D eigenvalue weighted by Crippen LogP contribution is -2.37. The third-order valence-electron chi connectivity index (χ3n) is 3.52. The minimum absolute atomic E-state index is 0.0635. The highest BCUT2D eigenvalue weighted by atomic mass is 35.5. The number of amides is 1. The van der Waals surface area contributed by atoms with Crippen LogP contribution >= 0.6 is 11.6 Å². The zero-order valence-corrected chi connectivity index (χ0v) is 13.9. The van der Waals surface area contributed by atoms with E-state index < -0.39 is 10.0 Å². The Morgan fingerprint density at radius 3 is 2.87 bits per heavy atom. The van der Waals surface area contributed by atoms with E-state index in [0.717, 1.165) is 5.56 Å². The maximum atomic E-state index is 12.4. The molecule has 0 bridgehead atoms. The van der Waals surface area contributed by atoms with E-state index in [1.807, 2.05) is 6.92 Å². The Bertz CT molecular complexity index is 872. The molecule has 0 radical (unpaired) electrons. The third-order valence-corrected chi connectivity index (χ3v) is 4.92. The molecule has 0 aromatic heterocycles. The van der Waals surface area contributed by atoms with Crippen molar-refractivity contribution in [3.63, 3.8) is 0 Å². The number of benzene rings is 1. The molecule has 8 heteroatoms. The number of hydrogen-bond donors (Lipinski definition) is 1. The molecule has 1 aromatic carbocycles. The molecular formula is C15H14ClN3O3S. The number of nitrogens with one attached hydrogen (secondary N) is 1. The van der Waals surface area contributed by atoms with E-state index in [1.54, 1.807) is 35.4 Å². The van der Waals surface area contributed by atoms with Crippen molar-refractivity contribution in [1.82, 2.24) is 4.90 Å². The van der Waals surface area contributed by atoms with Crippen molar-refractivity contribution < 1.29 is 13.2 Å². The summed E-state index contributed by atoms with van der Waals surface area (Å²) in [5, 5.41) is 3.42. The summed E-state index contributed by atoms with van der Waals surface area (Å²) >= 11 is 5.90. The van der Waals surface area contributed by atoms with Crippen molar-refractivity contribution in [2.45, 2.75) is 6.92 Å². The maximum Gasteiger partial charge on any atom is 0.257 e. The summed E-state index contributed by atoms with van der Waals surface area (Å²) in [5.74, 6) is -0.0129. The van der Waals surface area contributed by atoms with Crippen LogP contribution in [0.15, 0.2) is 46.5 Å². The number of carbonyl (C=O) groups is 1. The summed E-state index contributed by atoms with van der Waals surface area (Å²) in [7, 11) is -3.40. The van der Waals surface area contributed by atoms with Crippen LogP contribution in [0.1, 0.15) is 5.56 Å². The van der Waals surface area contributed by atoms with Gasteiger partial charge >= 0.3 is 0 Å². The SMILES string of the molecule is Cc1cc(Cl)ccc1NC(=O)C1=CN2CCS(=O)(=O)N=C2C=C1. The molecule has 0 spiro atoms. The molecule has 3 rings (SSSR count). The Morgan fingerprint density at radius 2 is 2.13 bits per heavy atom. The third kappa shape index (κ3) is 3.46. The molecule has 1 amide bonds. The van der Waals surface area contributed by atoms with E-state index in [1.165, 1.54) is 6.08 Å². The quantitative estimate of drug-likeness (QED) is 0.884. The van der Waals surface area contributed by atoms with Crippen LogP contribution in [0.3, 0.4) is 0 Å². The zero-order chi connectivity index (χ0) is 16.6. The lowest BCUT2D eigenvalue weighted by atomic mass is 10.1. The number of anilines is 1. The maximum absolute atomic E-state index is 12.4. The molecule has 0 fully saturated rings. The van der Waals surface area contributed by atoms with Gasteiger partial charge in [-0.15, -0.1) is 4.40 Å². The van der Waals surface area contributed by atoms with Crippen LogP contribution in [0.5, 0.6) is 0 Å². The van der Waals surface area contributed by atoms with E-state index in [0.29, 0.717) is 22.1 Å². The van der Waals surface area contributed by atoms with Crippen LogP contribution in [0, 0.1) is 6.92 Å². The number of sulfonamides is 1. The van der Waals surface area contributed by atoms with E-state index in [-0.39, 0.29) is 18.2 Å². The Morgan fingerprint density at radius 1 is 1.35 bits per heavy atom. The largest absolute Gasteiger partial charge is 0.330 e. The van der Waals surface area contributed by atoms with E-state index in [9.17, 15) is 13.2 Å². The van der Waals surface area contributed by atoms with Crippen LogP contribution in [0.25, 0.3) is 0 Å². The van der Waals surface area contributed by atoms with E-state index in [4.69, 9.17) is 11.6 Å². The van der Waals surface area contributed by atoms with Gasteiger partial charge in [-0.2, -0.15) is 0 Å². The first-order valence-corrected chi connectivity index (χ1v) is 8.89. The van der Waals surface area contributed by atoms with Gasteiger partial charge in [-0.1, -0.05) is 11.6 Å². The molecule has 2 heterocycles. The van der Waals surface area contributed by atoms with Crippen LogP contribution in [0.4, 0.5) is 5.69 Å². The van der Waals surface area contributed by atoms with Gasteiger partial charge in [-0.05, 0) is 42.8 Å². The standard InChI is InChI=1S/C15H14ClN3O3S/c1-10-8-12(16)3-4-13(10)17-15(20)11-2-5-14-18-23(21,22)7-6-19(14)9-11/h2-5,8-9H,6-7H2,1H3,(H,17,20). The first-order valence-electron chi connectivity index (χ1n) is 6.91. The minimum atomic E-state index is -3.40. The minimum Gasteiger partial charge on any atom is -0.330 e. The first kappa shape index (κ1) is 15.8. The van der Waals surface area contributed by atoms with Crippen LogP contribution in [-0.2, 0) is 14.8 Å². The lowest BCUT2D eigenvalue weighted by molar-refractivity contribution is -0.112. The molecule has 0 saturated heterocycles. The predicted octanol–water partition coefficient (Wildman–Crippen LogP) is 2.08. The average Bonchev–Trinajstić information content (AvgIpc) is 2.48. The second kappa shape index (κ2) is 5.82. The number of fused-ring (bicyclic) bond motifs is 1. The van der Waals surface area contributed by atoms with Gasteiger partial charge in [0.1, 0.15) is 5.84 Å². The predicted molar refractivity (Wildman–Crippen MR) is 90.0 cm³/mol. The number of rotatable bonds is 2. The molecule has 0 aliphatic carbocycles. The molecule has 6 nitrogen and oxygen atoms in total. The van der Waals surface area contributed by atoms with Gasteiger partial charge in [0.15, 0.2) is 0 Å². The van der Waals surface area contributed by atoms with Gasteiger partial charge in [0, 0.05) is 23.5 Å². The highest BCUT2D eigenvalue weighted by Crippen LogP contribution is 2.21. The molecule has 1 N–H and O–H groups in total. The summed E-state index contributed by atoms with van der Waals surface area (Å²) in [6.07, 6.45) is 4.69. The van der Waals surface area contributed by atoms with Crippen molar-refractivity contribution in [2.24, 2.45) is 4.40 Å². The summed E-state index contributed by atoms with van der Waals surface area (Å²) < 4.78 is 26.6. The number of aryl methyl sites for hydroxylation is 1. The van der Waals surface area contributed by atoms with Gasteiger partial charge in [0.25, 0.3) is 15.9 Å². The molecule has 2 aliphatic rings. The monoisotopic (exact) mass is 351 g/mol. The number of amidine groups is 1. The fourth-order valence-electron chi connectivity index (χ4n) is 2.30. The van der Waals surface area contributed by atoms with Crippen LogP contribution in [0.2, 0.25) is 5.02 Å². The molecule has 0 atom stereocenters. The molecule has 0 saturated carbocycles. The lowest BCUT2D eigenvalue weighted by Gasteiger charge is -2.27. The molecule has 2 aliphatic heterocycles. The molecular weight excluding hydrogens is 338 g/mol. The van der Waals surface area contributed by atoms with Crippen molar-refractivity contribution in [3.05, 3.63) is 52.7 Å².